The number of halogens is 5. The van der Waals surface area contributed by atoms with Crippen LogP contribution in [0.5, 0.6) is 5.75 Å². The minimum atomic E-state index is -4.87. The number of ether oxygens (including phenoxy) is 1. The maximum Gasteiger partial charge on any atom is 0.573 e. The second-order valence-corrected chi connectivity index (χ2v) is 2.79. The van der Waals surface area contributed by atoms with E-state index in [-0.39, 0.29) is 5.56 Å². The van der Waals surface area contributed by atoms with Crippen LogP contribution in [0.4, 0.5) is 17.6 Å². The predicted molar refractivity (Wildman–Crippen MR) is 40.6 cm³/mol. The van der Waals surface area contributed by atoms with Gasteiger partial charge in [0.1, 0.15) is 0 Å². The molecule has 0 radical (unpaired) electrons. The molecule has 2 nitrogen and oxygen atoms in total. The molecular formula is C7H4ClF4NO. The maximum atomic E-state index is 12.7. The van der Waals surface area contributed by atoms with Gasteiger partial charge in [0.05, 0.1) is 0 Å². The first-order chi connectivity index (χ1) is 6.29. The fraction of sp³-hybridized carbons (Fsp3) is 0.286. The lowest BCUT2D eigenvalue weighted by atomic mass is 10.3. The molecule has 0 saturated carbocycles. The number of alkyl halides is 3. The van der Waals surface area contributed by atoms with Crippen molar-refractivity contribution in [3.8, 4) is 5.75 Å². The lowest BCUT2D eigenvalue weighted by Gasteiger charge is -2.10. The monoisotopic (exact) mass is 229 g/mol. The smallest absolute Gasteiger partial charge is 0.402 e. The van der Waals surface area contributed by atoms with E-state index in [1.54, 1.807) is 0 Å². The van der Waals surface area contributed by atoms with Crippen LogP contribution in [0.25, 0.3) is 0 Å². The first-order valence-electron chi connectivity index (χ1n) is 3.38. The molecule has 0 spiro atoms. The van der Waals surface area contributed by atoms with E-state index in [1.807, 2.05) is 0 Å². The molecule has 14 heavy (non-hydrogen) atoms. The van der Waals surface area contributed by atoms with Crippen LogP contribution in [0.1, 0.15) is 5.56 Å². The summed E-state index contributed by atoms with van der Waals surface area (Å²) >= 11 is 5.23. The van der Waals surface area contributed by atoms with Crippen molar-refractivity contribution in [2.75, 3.05) is 0 Å². The van der Waals surface area contributed by atoms with Crippen LogP contribution in [0.2, 0.25) is 5.15 Å². The number of pyridine rings is 1. The van der Waals surface area contributed by atoms with E-state index in [0.717, 1.165) is 6.07 Å². The molecule has 0 aliphatic carbocycles. The molecule has 1 aromatic heterocycles. The van der Waals surface area contributed by atoms with E-state index in [2.05, 4.69) is 9.72 Å². The van der Waals surface area contributed by atoms with Crippen molar-refractivity contribution in [1.82, 2.24) is 4.98 Å². The lowest BCUT2D eigenvalue weighted by Crippen LogP contribution is -2.17. The van der Waals surface area contributed by atoms with Gasteiger partial charge in [0.25, 0.3) is 0 Å². The zero-order chi connectivity index (χ0) is 10.9. The Morgan fingerprint density at radius 3 is 2.50 bits per heavy atom. The Morgan fingerprint density at radius 2 is 2.00 bits per heavy atom. The van der Waals surface area contributed by atoms with Crippen molar-refractivity contribution in [2.24, 2.45) is 0 Å². The Morgan fingerprint density at radius 1 is 1.43 bits per heavy atom. The summed E-state index contributed by atoms with van der Waals surface area (Å²) < 4.78 is 51.4. The van der Waals surface area contributed by atoms with Crippen molar-refractivity contribution in [3.63, 3.8) is 0 Å². The Labute approximate surface area is 81.5 Å². The molecule has 0 aliphatic rings. The molecule has 0 N–H and O–H groups in total. The third-order valence-corrected chi connectivity index (χ3v) is 1.57. The topological polar surface area (TPSA) is 22.1 Å². The molecule has 0 aliphatic heterocycles. The van der Waals surface area contributed by atoms with Crippen LogP contribution in [0, 0.1) is 12.9 Å². The van der Waals surface area contributed by atoms with Gasteiger partial charge in [-0.15, -0.1) is 13.2 Å². The number of nitrogens with zero attached hydrogens (tertiary/aromatic N) is 1. The first-order valence-corrected chi connectivity index (χ1v) is 3.76. The third kappa shape index (κ3) is 2.73. The van der Waals surface area contributed by atoms with Crippen LogP contribution < -0.4 is 4.74 Å². The Bertz CT molecular complexity index is 352. The van der Waals surface area contributed by atoms with E-state index in [0.29, 0.717) is 0 Å². The quantitative estimate of drug-likeness (QED) is 0.545. The first kappa shape index (κ1) is 11.0. The van der Waals surface area contributed by atoms with Crippen molar-refractivity contribution in [2.45, 2.75) is 13.3 Å². The minimum Gasteiger partial charge on any atom is -0.402 e. The van der Waals surface area contributed by atoms with Gasteiger partial charge in [-0.25, -0.2) is 4.98 Å². The van der Waals surface area contributed by atoms with Crippen LogP contribution >= 0.6 is 11.6 Å². The van der Waals surface area contributed by atoms with Crippen LogP contribution in [0.3, 0.4) is 0 Å². The summed E-state index contributed by atoms with van der Waals surface area (Å²) in [6.07, 6.45) is -4.87. The Hall–Kier alpha value is -1.04. The molecule has 1 rings (SSSR count). The van der Waals surface area contributed by atoms with Crippen molar-refractivity contribution < 1.29 is 22.3 Å². The van der Waals surface area contributed by atoms with Gasteiger partial charge in [-0.3, -0.25) is 0 Å². The lowest BCUT2D eigenvalue weighted by molar-refractivity contribution is -0.274. The standard InChI is InChI=1S/C7H4ClF4NO/c1-3-2-4(14-7(10,11)12)5(8)13-6(3)9/h2H,1H3. The summed E-state index contributed by atoms with van der Waals surface area (Å²) in [5.74, 6) is -1.64. The third-order valence-electron chi connectivity index (χ3n) is 1.30. The van der Waals surface area contributed by atoms with Gasteiger partial charge in [-0.1, -0.05) is 11.6 Å². The number of hydrogen-bond acceptors (Lipinski definition) is 2. The molecule has 0 amide bonds. The summed E-state index contributed by atoms with van der Waals surface area (Å²) in [5.41, 5.74) is -0.0753. The number of hydrogen-bond donors (Lipinski definition) is 0. The van der Waals surface area contributed by atoms with E-state index in [4.69, 9.17) is 11.6 Å². The molecule has 0 atom stereocenters. The summed E-state index contributed by atoms with van der Waals surface area (Å²) in [6.45, 7) is 1.25. The highest BCUT2D eigenvalue weighted by Gasteiger charge is 2.32. The molecule has 1 aromatic rings. The fourth-order valence-electron chi connectivity index (χ4n) is 0.741. The van der Waals surface area contributed by atoms with Crippen LogP contribution in [-0.2, 0) is 0 Å². The van der Waals surface area contributed by atoms with Gasteiger partial charge in [0.15, 0.2) is 10.9 Å². The molecule has 0 aromatic carbocycles. The average Bonchev–Trinajstić information content (AvgIpc) is 1.97. The van der Waals surface area contributed by atoms with Crippen molar-refractivity contribution in [1.29, 1.82) is 0 Å². The van der Waals surface area contributed by atoms with E-state index < -0.39 is 23.2 Å². The molecule has 0 saturated heterocycles. The van der Waals surface area contributed by atoms with Crippen LogP contribution in [0.15, 0.2) is 6.07 Å². The number of rotatable bonds is 1. The normalized spacial score (nSPS) is 11.6. The number of aromatic nitrogens is 1. The maximum absolute atomic E-state index is 12.7. The van der Waals surface area contributed by atoms with E-state index >= 15 is 0 Å². The fourth-order valence-corrected chi connectivity index (χ4v) is 0.909. The number of aryl methyl sites for hydroxylation is 1. The van der Waals surface area contributed by atoms with Gasteiger partial charge in [0.2, 0.25) is 5.95 Å². The highest BCUT2D eigenvalue weighted by atomic mass is 35.5. The predicted octanol–water partition coefficient (Wildman–Crippen LogP) is 3.08. The second kappa shape index (κ2) is 3.61. The largest absolute Gasteiger partial charge is 0.573 e. The van der Waals surface area contributed by atoms with Gasteiger partial charge in [-0.2, -0.15) is 4.39 Å². The van der Waals surface area contributed by atoms with Gasteiger partial charge >= 0.3 is 6.36 Å². The van der Waals surface area contributed by atoms with Crippen molar-refractivity contribution >= 4 is 11.6 Å². The van der Waals surface area contributed by atoms with E-state index in [1.165, 1.54) is 6.92 Å². The SMILES string of the molecule is Cc1cc(OC(F)(F)F)c(Cl)nc1F. The summed E-state index contributed by atoms with van der Waals surface area (Å²) in [4.78, 5) is 3.03. The zero-order valence-corrected chi connectivity index (χ0v) is 7.58. The molecule has 0 unspecified atom stereocenters. The average molecular weight is 230 g/mol. The zero-order valence-electron chi connectivity index (χ0n) is 6.82. The van der Waals surface area contributed by atoms with Crippen molar-refractivity contribution in [3.05, 3.63) is 22.7 Å². The highest BCUT2D eigenvalue weighted by Crippen LogP contribution is 2.29. The Kier molecular flexibility index (Phi) is 2.84. The van der Waals surface area contributed by atoms with E-state index in [9.17, 15) is 17.6 Å². The summed E-state index contributed by atoms with van der Waals surface area (Å²) in [5, 5.41) is -0.662. The van der Waals surface area contributed by atoms with Crippen LogP contribution in [-0.4, -0.2) is 11.3 Å². The molecule has 1 heterocycles. The molecule has 7 heteroatoms. The minimum absolute atomic E-state index is 0.0753. The molecular weight excluding hydrogens is 226 g/mol. The summed E-state index contributed by atoms with van der Waals surface area (Å²) in [6, 6.07) is 0.832. The molecule has 0 fully saturated rings. The van der Waals surface area contributed by atoms with Gasteiger partial charge < -0.3 is 4.74 Å². The molecule has 0 bridgehead atoms. The highest BCUT2D eigenvalue weighted by molar-refractivity contribution is 6.30. The summed E-state index contributed by atoms with van der Waals surface area (Å²) in [7, 11) is 0. The van der Waals surface area contributed by atoms with Gasteiger partial charge in [0, 0.05) is 5.56 Å². The van der Waals surface area contributed by atoms with Gasteiger partial charge in [-0.05, 0) is 13.0 Å². The molecule has 78 valence electrons. The Balaban J connectivity index is 3.04. The second-order valence-electron chi connectivity index (χ2n) is 2.43.